The molecule has 0 aliphatic heterocycles. The van der Waals surface area contributed by atoms with Crippen LogP contribution in [0.4, 0.5) is 5.69 Å². The Labute approximate surface area is 137 Å². The van der Waals surface area contributed by atoms with Crippen molar-refractivity contribution in [2.75, 3.05) is 0 Å². The van der Waals surface area contributed by atoms with Crippen molar-refractivity contribution in [2.45, 2.75) is 19.5 Å². The number of carbonyl (C=O) groups excluding carboxylic acids is 1. The second-order valence-corrected chi connectivity index (χ2v) is 5.24. The van der Waals surface area contributed by atoms with E-state index in [-0.39, 0.29) is 12.2 Å². The third-order valence-electron chi connectivity index (χ3n) is 3.50. The topological polar surface area (TPSA) is 127 Å². The summed E-state index contributed by atoms with van der Waals surface area (Å²) in [6.07, 6.45) is 2.18. The summed E-state index contributed by atoms with van der Waals surface area (Å²) < 4.78 is 1.13. The highest BCUT2D eigenvalue weighted by Gasteiger charge is 2.27. The number of amides is 1. The molecule has 2 rings (SSSR count). The molecule has 0 radical (unpaired) electrons. The Morgan fingerprint density at radius 3 is 2.58 bits per heavy atom. The molecule has 0 aliphatic carbocycles. The summed E-state index contributed by atoms with van der Waals surface area (Å²) in [5.41, 5.74) is 0.438. The van der Waals surface area contributed by atoms with Crippen molar-refractivity contribution >= 4 is 17.6 Å². The van der Waals surface area contributed by atoms with Crippen molar-refractivity contribution in [2.24, 2.45) is 5.92 Å². The Kier molecular flexibility index (Phi) is 5.25. The zero-order valence-electron chi connectivity index (χ0n) is 12.8. The van der Waals surface area contributed by atoms with E-state index in [1.807, 2.05) is 0 Å². The molecule has 0 spiro atoms. The van der Waals surface area contributed by atoms with Gasteiger partial charge in [0.1, 0.15) is 18.9 Å². The van der Waals surface area contributed by atoms with Crippen molar-refractivity contribution in [3.05, 3.63) is 58.4 Å². The van der Waals surface area contributed by atoms with E-state index in [2.05, 4.69) is 10.4 Å². The fraction of sp³-hybridized carbons (Fsp3) is 0.267. The zero-order valence-corrected chi connectivity index (χ0v) is 12.8. The van der Waals surface area contributed by atoms with Crippen LogP contribution in [-0.4, -0.2) is 31.7 Å². The van der Waals surface area contributed by atoms with E-state index < -0.39 is 28.8 Å². The molecular weight excluding hydrogens is 316 g/mol. The van der Waals surface area contributed by atoms with Gasteiger partial charge in [-0.15, -0.1) is 0 Å². The highest BCUT2D eigenvalue weighted by molar-refractivity contribution is 5.78. The smallest absolute Gasteiger partial charge is 0.308 e. The minimum atomic E-state index is -1.04. The molecule has 1 heterocycles. The first kappa shape index (κ1) is 17.1. The Morgan fingerprint density at radius 1 is 1.38 bits per heavy atom. The molecule has 0 saturated heterocycles. The van der Waals surface area contributed by atoms with Gasteiger partial charge in [-0.25, -0.2) is 0 Å². The molecule has 0 fully saturated rings. The van der Waals surface area contributed by atoms with E-state index in [0.717, 1.165) is 17.1 Å². The minimum absolute atomic E-state index is 0.221. The van der Waals surface area contributed by atoms with Crippen LogP contribution < -0.4 is 5.32 Å². The minimum Gasteiger partial charge on any atom is -0.481 e. The second kappa shape index (κ2) is 7.36. The lowest BCUT2D eigenvalue weighted by atomic mass is 9.94. The summed E-state index contributed by atoms with van der Waals surface area (Å²) in [6.45, 7) is 1.25. The number of aliphatic carboxylic acids is 1. The Balaban J connectivity index is 2.12. The number of carbonyl (C=O) groups is 2. The van der Waals surface area contributed by atoms with E-state index in [9.17, 15) is 24.8 Å². The van der Waals surface area contributed by atoms with Crippen LogP contribution in [-0.2, 0) is 16.1 Å². The number of benzene rings is 1. The van der Waals surface area contributed by atoms with Crippen LogP contribution in [0.3, 0.4) is 0 Å². The number of carboxylic acids is 1. The summed E-state index contributed by atoms with van der Waals surface area (Å²) in [7, 11) is 0. The van der Waals surface area contributed by atoms with Crippen LogP contribution in [0.1, 0.15) is 18.5 Å². The standard InChI is InChI=1S/C15H16N4O5/c1-10(15(21)22)14(11-5-3-2-4-6-11)17-13(20)9-18-8-12(7-16-18)19(23)24/h2-8,10,14H,9H2,1H3,(H,17,20)(H,21,22). The third-order valence-corrected chi connectivity index (χ3v) is 3.50. The molecule has 24 heavy (non-hydrogen) atoms. The van der Waals surface area contributed by atoms with E-state index in [4.69, 9.17) is 0 Å². The Bertz CT molecular complexity index is 743. The van der Waals surface area contributed by atoms with Gasteiger partial charge in [-0.3, -0.25) is 24.4 Å². The SMILES string of the molecule is CC(C(=O)O)C(NC(=O)Cn1cc([N+](=O)[O-])cn1)c1ccccc1. The number of carboxylic acid groups (broad SMARTS) is 1. The molecule has 9 nitrogen and oxygen atoms in total. The van der Waals surface area contributed by atoms with Gasteiger partial charge in [-0.05, 0) is 12.5 Å². The first-order chi connectivity index (χ1) is 11.4. The predicted octanol–water partition coefficient (Wildman–Crippen LogP) is 1.37. The molecule has 1 amide bonds. The van der Waals surface area contributed by atoms with Crippen molar-refractivity contribution in [1.82, 2.24) is 15.1 Å². The first-order valence-electron chi connectivity index (χ1n) is 7.12. The number of nitrogens with zero attached hydrogens (tertiary/aromatic N) is 3. The monoisotopic (exact) mass is 332 g/mol. The van der Waals surface area contributed by atoms with Crippen LogP contribution in [0.25, 0.3) is 0 Å². The molecule has 1 aromatic carbocycles. The van der Waals surface area contributed by atoms with E-state index >= 15 is 0 Å². The highest BCUT2D eigenvalue weighted by atomic mass is 16.6. The molecule has 2 aromatic rings. The van der Waals surface area contributed by atoms with Crippen molar-refractivity contribution in [3.8, 4) is 0 Å². The van der Waals surface area contributed by atoms with Gasteiger partial charge in [-0.1, -0.05) is 30.3 Å². The maximum atomic E-state index is 12.2. The molecule has 126 valence electrons. The normalized spacial score (nSPS) is 13.0. The number of rotatable bonds is 7. The summed E-state index contributed by atoms with van der Waals surface area (Å²) in [6, 6.07) is 8.02. The van der Waals surface area contributed by atoms with Gasteiger partial charge in [0.25, 0.3) is 0 Å². The number of aromatic nitrogens is 2. The van der Waals surface area contributed by atoms with Gasteiger partial charge in [0.05, 0.1) is 16.9 Å². The van der Waals surface area contributed by atoms with Gasteiger partial charge in [0, 0.05) is 0 Å². The van der Waals surface area contributed by atoms with Crippen molar-refractivity contribution in [1.29, 1.82) is 0 Å². The van der Waals surface area contributed by atoms with Crippen LogP contribution in [0.15, 0.2) is 42.7 Å². The quantitative estimate of drug-likeness (QED) is 0.582. The summed E-state index contributed by atoms with van der Waals surface area (Å²) in [4.78, 5) is 33.5. The molecule has 0 bridgehead atoms. The lowest BCUT2D eigenvalue weighted by Gasteiger charge is -2.23. The van der Waals surface area contributed by atoms with Crippen LogP contribution in [0.2, 0.25) is 0 Å². The fourth-order valence-corrected chi connectivity index (χ4v) is 2.20. The first-order valence-corrected chi connectivity index (χ1v) is 7.12. The Morgan fingerprint density at radius 2 is 2.04 bits per heavy atom. The number of hydrogen-bond donors (Lipinski definition) is 2. The lowest BCUT2D eigenvalue weighted by Crippen LogP contribution is -2.37. The van der Waals surface area contributed by atoms with Crippen LogP contribution >= 0.6 is 0 Å². The van der Waals surface area contributed by atoms with Crippen molar-refractivity contribution < 1.29 is 19.6 Å². The predicted molar refractivity (Wildman–Crippen MR) is 83.0 cm³/mol. The van der Waals surface area contributed by atoms with Gasteiger partial charge in [0.15, 0.2) is 0 Å². The summed E-state index contributed by atoms with van der Waals surface area (Å²) >= 11 is 0. The number of nitro groups is 1. The molecule has 2 N–H and O–H groups in total. The molecule has 2 unspecified atom stereocenters. The zero-order chi connectivity index (χ0) is 17.7. The van der Waals surface area contributed by atoms with Crippen LogP contribution in [0, 0.1) is 16.0 Å². The van der Waals surface area contributed by atoms with Crippen LogP contribution in [0.5, 0.6) is 0 Å². The molecule has 2 atom stereocenters. The average Bonchev–Trinajstić information content (AvgIpc) is 3.01. The van der Waals surface area contributed by atoms with E-state index in [0.29, 0.717) is 5.56 Å². The molecule has 0 saturated carbocycles. The van der Waals surface area contributed by atoms with Crippen molar-refractivity contribution in [3.63, 3.8) is 0 Å². The number of hydrogen-bond acceptors (Lipinski definition) is 5. The van der Waals surface area contributed by atoms with Gasteiger partial charge in [-0.2, -0.15) is 5.10 Å². The second-order valence-electron chi connectivity index (χ2n) is 5.24. The van der Waals surface area contributed by atoms with Gasteiger partial charge >= 0.3 is 11.7 Å². The largest absolute Gasteiger partial charge is 0.481 e. The van der Waals surface area contributed by atoms with E-state index in [1.165, 1.54) is 6.92 Å². The molecule has 1 aromatic heterocycles. The highest BCUT2D eigenvalue weighted by Crippen LogP contribution is 2.22. The maximum Gasteiger partial charge on any atom is 0.308 e. The molecular formula is C15H16N4O5. The molecule has 0 aliphatic rings. The summed E-state index contributed by atoms with van der Waals surface area (Å²) in [5, 5.41) is 26.2. The lowest BCUT2D eigenvalue weighted by molar-refractivity contribution is -0.385. The Hall–Kier alpha value is -3.23. The summed E-state index contributed by atoms with van der Waals surface area (Å²) in [5.74, 6) is -2.38. The number of nitrogens with one attached hydrogen (secondary N) is 1. The third kappa shape index (κ3) is 4.15. The van der Waals surface area contributed by atoms with Gasteiger partial charge < -0.3 is 10.4 Å². The maximum absolute atomic E-state index is 12.2. The van der Waals surface area contributed by atoms with E-state index in [1.54, 1.807) is 30.3 Å². The average molecular weight is 332 g/mol. The molecule has 9 heteroatoms. The fourth-order valence-electron chi connectivity index (χ4n) is 2.20. The van der Waals surface area contributed by atoms with Gasteiger partial charge in [0.2, 0.25) is 5.91 Å².